The van der Waals surface area contributed by atoms with E-state index in [4.69, 9.17) is 5.11 Å². The van der Waals surface area contributed by atoms with Gasteiger partial charge >= 0.3 is 5.97 Å². The van der Waals surface area contributed by atoms with Crippen molar-refractivity contribution in [1.82, 2.24) is 14.9 Å². The monoisotopic (exact) mass is 285 g/mol. The van der Waals surface area contributed by atoms with E-state index in [1.807, 2.05) is 6.07 Å². The fourth-order valence-corrected chi connectivity index (χ4v) is 1.87. The van der Waals surface area contributed by atoms with Crippen molar-refractivity contribution in [1.29, 1.82) is 0 Å². The van der Waals surface area contributed by atoms with Gasteiger partial charge in [0, 0.05) is 43.4 Å². The maximum Gasteiger partial charge on any atom is 0.305 e. The average Bonchev–Trinajstić information content (AvgIpc) is 2.52. The van der Waals surface area contributed by atoms with Crippen molar-refractivity contribution < 1.29 is 14.7 Å². The summed E-state index contributed by atoms with van der Waals surface area (Å²) in [5.74, 6) is -1.16. The van der Waals surface area contributed by atoms with Crippen LogP contribution in [-0.2, 0) is 11.3 Å². The van der Waals surface area contributed by atoms with Gasteiger partial charge in [0.25, 0.3) is 5.91 Å². The zero-order valence-electron chi connectivity index (χ0n) is 11.3. The molecule has 0 aliphatic carbocycles. The first kappa shape index (κ1) is 14.6. The predicted molar refractivity (Wildman–Crippen MR) is 75.5 cm³/mol. The Morgan fingerprint density at radius 2 is 1.86 bits per heavy atom. The van der Waals surface area contributed by atoms with Crippen molar-refractivity contribution in [2.45, 2.75) is 13.0 Å². The summed E-state index contributed by atoms with van der Waals surface area (Å²) in [7, 11) is 0. The summed E-state index contributed by atoms with van der Waals surface area (Å²) in [6.07, 6.45) is 6.28. The van der Waals surface area contributed by atoms with Crippen molar-refractivity contribution >= 4 is 11.9 Å². The molecule has 6 heteroatoms. The Kier molecular flexibility index (Phi) is 4.98. The third-order valence-electron chi connectivity index (χ3n) is 2.91. The summed E-state index contributed by atoms with van der Waals surface area (Å²) < 4.78 is 0. The van der Waals surface area contributed by atoms with E-state index < -0.39 is 5.97 Å². The maximum absolute atomic E-state index is 12.4. The molecule has 0 aromatic carbocycles. The number of carbonyl (C=O) groups is 2. The molecule has 0 fully saturated rings. The van der Waals surface area contributed by atoms with Crippen molar-refractivity contribution in [2.75, 3.05) is 6.54 Å². The molecule has 2 heterocycles. The van der Waals surface area contributed by atoms with Crippen LogP contribution in [0.5, 0.6) is 0 Å². The molecule has 1 N–H and O–H groups in total. The van der Waals surface area contributed by atoms with Gasteiger partial charge in [0.1, 0.15) is 0 Å². The summed E-state index contributed by atoms with van der Waals surface area (Å²) in [6, 6.07) is 6.85. The molecule has 0 saturated carbocycles. The summed E-state index contributed by atoms with van der Waals surface area (Å²) in [5, 5.41) is 8.82. The molecule has 1 amide bonds. The fourth-order valence-electron chi connectivity index (χ4n) is 1.87. The largest absolute Gasteiger partial charge is 0.481 e. The topological polar surface area (TPSA) is 83.4 Å². The lowest BCUT2D eigenvalue weighted by Crippen LogP contribution is -2.32. The number of aliphatic carboxylic acids is 1. The Morgan fingerprint density at radius 1 is 1.10 bits per heavy atom. The number of hydrogen-bond acceptors (Lipinski definition) is 4. The van der Waals surface area contributed by atoms with E-state index in [0.29, 0.717) is 12.1 Å². The molecule has 0 aliphatic rings. The molecule has 0 radical (unpaired) electrons. The zero-order valence-corrected chi connectivity index (χ0v) is 11.3. The Labute approximate surface area is 122 Å². The number of carbonyl (C=O) groups excluding carboxylic acids is 1. The van der Waals surface area contributed by atoms with Crippen molar-refractivity contribution in [2.24, 2.45) is 0 Å². The van der Waals surface area contributed by atoms with Crippen molar-refractivity contribution in [3.8, 4) is 0 Å². The summed E-state index contributed by atoms with van der Waals surface area (Å²) in [6.45, 7) is 0.466. The number of rotatable bonds is 6. The highest BCUT2D eigenvalue weighted by Crippen LogP contribution is 2.09. The Hall–Kier alpha value is -2.76. The zero-order chi connectivity index (χ0) is 15.1. The minimum atomic E-state index is -0.936. The van der Waals surface area contributed by atoms with Gasteiger partial charge in [0.05, 0.1) is 6.42 Å². The molecule has 0 aliphatic heterocycles. The Bertz CT molecular complexity index is 602. The molecule has 0 bridgehead atoms. The fraction of sp³-hybridized carbons (Fsp3) is 0.200. The summed E-state index contributed by atoms with van der Waals surface area (Å²) in [5.41, 5.74) is 1.34. The Morgan fingerprint density at radius 3 is 2.48 bits per heavy atom. The third-order valence-corrected chi connectivity index (χ3v) is 2.91. The second-order valence-electron chi connectivity index (χ2n) is 4.47. The predicted octanol–water partition coefficient (Wildman–Crippen LogP) is 1.59. The highest BCUT2D eigenvalue weighted by Gasteiger charge is 2.17. The van der Waals surface area contributed by atoms with Gasteiger partial charge in [-0.15, -0.1) is 0 Å². The molecule has 0 unspecified atom stereocenters. The molecule has 21 heavy (non-hydrogen) atoms. The molecule has 0 atom stereocenters. The maximum atomic E-state index is 12.4. The molecular formula is C15H15N3O3. The van der Waals surface area contributed by atoms with Gasteiger partial charge in [-0.3, -0.25) is 19.6 Å². The van der Waals surface area contributed by atoms with E-state index in [2.05, 4.69) is 9.97 Å². The van der Waals surface area contributed by atoms with Gasteiger partial charge in [0.2, 0.25) is 0 Å². The van der Waals surface area contributed by atoms with Crippen molar-refractivity contribution in [3.63, 3.8) is 0 Å². The molecule has 2 aromatic rings. The first-order chi connectivity index (χ1) is 10.2. The van der Waals surface area contributed by atoms with Gasteiger partial charge in [-0.1, -0.05) is 6.07 Å². The second-order valence-corrected chi connectivity index (χ2v) is 4.47. The smallest absolute Gasteiger partial charge is 0.305 e. The number of nitrogens with zero attached hydrogens (tertiary/aromatic N) is 3. The van der Waals surface area contributed by atoms with Gasteiger partial charge in [0.15, 0.2) is 0 Å². The normalized spacial score (nSPS) is 10.1. The molecule has 2 rings (SSSR count). The lowest BCUT2D eigenvalue weighted by molar-refractivity contribution is -0.137. The highest BCUT2D eigenvalue weighted by atomic mass is 16.4. The molecular weight excluding hydrogens is 270 g/mol. The summed E-state index contributed by atoms with van der Waals surface area (Å²) >= 11 is 0. The first-order valence-corrected chi connectivity index (χ1v) is 6.47. The van der Waals surface area contributed by atoms with Crippen LogP contribution >= 0.6 is 0 Å². The standard InChI is InChI=1S/C15H15N3O3/c19-14(20)5-9-18(11-12-2-1-6-17-10-12)15(21)13-3-7-16-8-4-13/h1-4,6-8,10H,5,9,11H2,(H,19,20). The number of aromatic nitrogens is 2. The van der Waals surface area contributed by atoms with Gasteiger partial charge in [-0.2, -0.15) is 0 Å². The van der Waals surface area contributed by atoms with Crippen molar-refractivity contribution in [3.05, 3.63) is 60.2 Å². The van der Waals surface area contributed by atoms with E-state index >= 15 is 0 Å². The molecule has 108 valence electrons. The van der Waals surface area contributed by atoms with E-state index in [1.54, 1.807) is 30.6 Å². The first-order valence-electron chi connectivity index (χ1n) is 6.47. The van der Waals surface area contributed by atoms with E-state index in [-0.39, 0.29) is 18.9 Å². The highest BCUT2D eigenvalue weighted by molar-refractivity contribution is 5.94. The van der Waals surface area contributed by atoms with Crippen LogP contribution in [-0.4, -0.2) is 38.4 Å². The van der Waals surface area contributed by atoms with Gasteiger partial charge in [-0.05, 0) is 23.8 Å². The SMILES string of the molecule is O=C(O)CCN(Cc1cccnc1)C(=O)c1ccncc1. The number of hydrogen-bond donors (Lipinski definition) is 1. The lowest BCUT2D eigenvalue weighted by atomic mass is 10.2. The van der Waals surface area contributed by atoms with Gasteiger partial charge < -0.3 is 10.0 Å². The molecule has 0 spiro atoms. The van der Waals surface area contributed by atoms with Crippen LogP contribution in [0.2, 0.25) is 0 Å². The van der Waals surface area contributed by atoms with Gasteiger partial charge in [-0.25, -0.2) is 0 Å². The number of amides is 1. The number of pyridine rings is 2. The second kappa shape index (κ2) is 7.14. The number of carboxylic acids is 1. The molecule has 0 saturated heterocycles. The van der Waals surface area contributed by atoms with Crippen LogP contribution < -0.4 is 0 Å². The lowest BCUT2D eigenvalue weighted by Gasteiger charge is -2.22. The number of carboxylic acid groups (broad SMARTS) is 1. The van der Waals surface area contributed by atoms with Crippen LogP contribution in [0.15, 0.2) is 49.1 Å². The quantitative estimate of drug-likeness (QED) is 0.871. The minimum Gasteiger partial charge on any atom is -0.481 e. The van der Waals surface area contributed by atoms with Crippen LogP contribution in [0, 0.1) is 0 Å². The van der Waals surface area contributed by atoms with Crippen LogP contribution in [0.3, 0.4) is 0 Å². The third kappa shape index (κ3) is 4.38. The van der Waals surface area contributed by atoms with Crippen LogP contribution in [0.4, 0.5) is 0 Å². The van der Waals surface area contributed by atoms with E-state index in [0.717, 1.165) is 5.56 Å². The molecule has 2 aromatic heterocycles. The average molecular weight is 285 g/mol. The summed E-state index contributed by atoms with van der Waals surface area (Å²) in [4.78, 5) is 32.6. The minimum absolute atomic E-state index is 0.100. The Balaban J connectivity index is 2.15. The molecule has 6 nitrogen and oxygen atoms in total. The van der Waals surface area contributed by atoms with Crippen LogP contribution in [0.1, 0.15) is 22.3 Å². The van der Waals surface area contributed by atoms with E-state index in [9.17, 15) is 9.59 Å². The van der Waals surface area contributed by atoms with Crippen LogP contribution in [0.25, 0.3) is 0 Å². The van der Waals surface area contributed by atoms with E-state index in [1.165, 1.54) is 17.3 Å².